The Kier molecular flexibility index (Phi) is 5.72. The van der Waals surface area contributed by atoms with Crippen LogP contribution in [0.1, 0.15) is 0 Å². The lowest BCUT2D eigenvalue weighted by atomic mass is 10.3. The fourth-order valence-corrected chi connectivity index (χ4v) is 3.01. The molecule has 2 rings (SSSR count). The Morgan fingerprint density at radius 1 is 1.43 bits per heavy atom. The zero-order valence-corrected chi connectivity index (χ0v) is 13.1. The van der Waals surface area contributed by atoms with Crippen molar-refractivity contribution in [3.8, 4) is 6.07 Å². The molecule has 108 valence electrons. The first kappa shape index (κ1) is 15.5. The first-order chi connectivity index (χ1) is 10.2. The van der Waals surface area contributed by atoms with Gasteiger partial charge in [-0.1, -0.05) is 23.9 Å². The van der Waals surface area contributed by atoms with Gasteiger partial charge in [0, 0.05) is 24.3 Å². The minimum absolute atomic E-state index is 0.0898. The normalized spacial score (nSPS) is 10.1. The van der Waals surface area contributed by atoms with Gasteiger partial charge in [0.1, 0.15) is 0 Å². The van der Waals surface area contributed by atoms with Crippen LogP contribution in [0.3, 0.4) is 0 Å². The predicted octanol–water partition coefficient (Wildman–Crippen LogP) is 2.77. The molecule has 2 aromatic rings. The van der Waals surface area contributed by atoms with E-state index in [1.807, 2.05) is 42.1 Å². The molecule has 1 aromatic heterocycles. The molecule has 0 fully saturated rings. The molecule has 1 amide bonds. The molecule has 7 heteroatoms. The molecule has 21 heavy (non-hydrogen) atoms. The smallest absolute Gasteiger partial charge is 0.234 e. The van der Waals surface area contributed by atoms with Crippen molar-refractivity contribution in [2.45, 2.75) is 10.1 Å². The van der Waals surface area contributed by atoms with E-state index in [1.165, 1.54) is 23.5 Å². The third kappa shape index (κ3) is 4.55. The van der Waals surface area contributed by atoms with Crippen molar-refractivity contribution in [2.75, 3.05) is 16.8 Å². The number of carbonyl (C=O) groups excluding carboxylic acids is 1. The van der Waals surface area contributed by atoms with Crippen molar-refractivity contribution in [2.24, 2.45) is 7.05 Å². The number of thioether (sulfide) groups is 2. The molecule has 1 heterocycles. The van der Waals surface area contributed by atoms with Crippen LogP contribution in [0.5, 0.6) is 0 Å². The molecule has 0 aliphatic carbocycles. The molecule has 0 bridgehead atoms. The maximum Gasteiger partial charge on any atom is 0.234 e. The molecule has 0 spiro atoms. The van der Waals surface area contributed by atoms with E-state index in [-0.39, 0.29) is 5.91 Å². The highest BCUT2D eigenvalue weighted by atomic mass is 32.2. The van der Waals surface area contributed by atoms with Crippen molar-refractivity contribution in [3.63, 3.8) is 0 Å². The lowest BCUT2D eigenvalue weighted by Gasteiger charge is -2.09. The van der Waals surface area contributed by atoms with Crippen LogP contribution in [0.4, 0.5) is 5.69 Å². The molecule has 0 aliphatic rings. The van der Waals surface area contributed by atoms with Crippen molar-refractivity contribution in [3.05, 3.63) is 36.7 Å². The van der Waals surface area contributed by atoms with Crippen LogP contribution in [-0.4, -0.2) is 27.0 Å². The summed E-state index contributed by atoms with van der Waals surface area (Å²) in [5, 5.41) is 12.3. The standard InChI is InChI=1S/C14H14N4OS2/c1-18-8-7-16-14(18)21-10-13(19)17-11-4-2-3-5-12(11)20-9-6-15/h2-5,7-8H,9-10H2,1H3,(H,17,19). The van der Waals surface area contributed by atoms with Crippen molar-refractivity contribution in [1.82, 2.24) is 9.55 Å². The Morgan fingerprint density at radius 2 is 2.24 bits per heavy atom. The van der Waals surface area contributed by atoms with E-state index in [9.17, 15) is 4.79 Å². The van der Waals surface area contributed by atoms with Gasteiger partial charge in [-0.05, 0) is 12.1 Å². The van der Waals surface area contributed by atoms with E-state index in [0.29, 0.717) is 11.5 Å². The largest absolute Gasteiger partial charge is 0.329 e. The van der Waals surface area contributed by atoms with Gasteiger partial charge in [-0.2, -0.15) is 5.26 Å². The summed E-state index contributed by atoms with van der Waals surface area (Å²) in [4.78, 5) is 17.1. The number of amides is 1. The Morgan fingerprint density at radius 3 is 2.95 bits per heavy atom. The second kappa shape index (κ2) is 7.76. The minimum Gasteiger partial charge on any atom is -0.329 e. The lowest BCUT2D eigenvalue weighted by molar-refractivity contribution is -0.113. The second-order valence-corrected chi connectivity index (χ2v) is 6.06. The predicted molar refractivity (Wildman–Crippen MR) is 85.3 cm³/mol. The Bertz CT molecular complexity index is 663. The first-order valence-electron chi connectivity index (χ1n) is 6.19. The van der Waals surface area contributed by atoms with Crippen molar-refractivity contribution in [1.29, 1.82) is 5.26 Å². The van der Waals surface area contributed by atoms with Gasteiger partial charge in [-0.25, -0.2) is 4.98 Å². The van der Waals surface area contributed by atoms with Crippen LogP contribution in [-0.2, 0) is 11.8 Å². The molecule has 0 unspecified atom stereocenters. The van der Waals surface area contributed by atoms with Crippen molar-refractivity contribution >= 4 is 35.1 Å². The highest BCUT2D eigenvalue weighted by Gasteiger charge is 2.09. The number of nitriles is 1. The molecule has 1 aromatic carbocycles. The molecule has 0 aliphatic heterocycles. The zero-order chi connectivity index (χ0) is 15.1. The highest BCUT2D eigenvalue weighted by molar-refractivity contribution is 8.00. The monoisotopic (exact) mass is 318 g/mol. The van der Waals surface area contributed by atoms with Gasteiger partial charge in [0.05, 0.1) is 23.3 Å². The second-order valence-electron chi connectivity index (χ2n) is 4.10. The maximum atomic E-state index is 12.0. The lowest BCUT2D eigenvalue weighted by Crippen LogP contribution is -2.15. The average molecular weight is 318 g/mol. The summed E-state index contributed by atoms with van der Waals surface area (Å²) >= 11 is 2.79. The molecule has 0 saturated heterocycles. The topological polar surface area (TPSA) is 70.7 Å². The molecule has 0 saturated carbocycles. The number of imidazole rings is 1. The summed E-state index contributed by atoms with van der Waals surface area (Å²) in [7, 11) is 1.89. The summed E-state index contributed by atoms with van der Waals surface area (Å²) in [6, 6.07) is 9.56. The van der Waals surface area contributed by atoms with E-state index in [2.05, 4.69) is 16.4 Å². The van der Waals surface area contributed by atoms with Gasteiger partial charge in [0.2, 0.25) is 5.91 Å². The number of para-hydroxylation sites is 1. The fourth-order valence-electron chi connectivity index (χ4n) is 1.61. The van der Waals surface area contributed by atoms with E-state index in [0.717, 1.165) is 15.7 Å². The Hall–Kier alpha value is -1.91. The van der Waals surface area contributed by atoms with Gasteiger partial charge in [0.15, 0.2) is 5.16 Å². The van der Waals surface area contributed by atoms with Crippen LogP contribution in [0.15, 0.2) is 46.7 Å². The maximum absolute atomic E-state index is 12.0. The Labute approximate surface area is 131 Å². The number of nitrogens with zero attached hydrogens (tertiary/aromatic N) is 3. The fraction of sp³-hybridized carbons (Fsp3) is 0.214. The number of aromatic nitrogens is 2. The third-order valence-corrected chi connectivity index (χ3v) is 4.56. The highest BCUT2D eigenvalue weighted by Crippen LogP contribution is 2.27. The number of benzene rings is 1. The molecular formula is C14H14N4OS2. The zero-order valence-electron chi connectivity index (χ0n) is 11.4. The van der Waals surface area contributed by atoms with Crippen LogP contribution < -0.4 is 5.32 Å². The first-order valence-corrected chi connectivity index (χ1v) is 8.16. The van der Waals surface area contributed by atoms with E-state index in [1.54, 1.807) is 6.20 Å². The van der Waals surface area contributed by atoms with Gasteiger partial charge < -0.3 is 9.88 Å². The van der Waals surface area contributed by atoms with Crippen LogP contribution in [0, 0.1) is 11.3 Å². The summed E-state index contributed by atoms with van der Waals surface area (Å²) < 4.78 is 1.87. The quantitative estimate of drug-likeness (QED) is 0.829. The average Bonchev–Trinajstić information content (AvgIpc) is 2.89. The summed E-state index contributed by atoms with van der Waals surface area (Å²) in [5.41, 5.74) is 0.739. The number of hydrogen-bond donors (Lipinski definition) is 1. The molecule has 5 nitrogen and oxygen atoms in total. The SMILES string of the molecule is Cn1ccnc1SCC(=O)Nc1ccccc1SCC#N. The Balaban J connectivity index is 1.93. The summed E-state index contributed by atoms with van der Waals surface area (Å²) in [6.45, 7) is 0. The number of aryl methyl sites for hydroxylation is 1. The van der Waals surface area contributed by atoms with Gasteiger partial charge in [0.25, 0.3) is 0 Å². The third-order valence-electron chi connectivity index (χ3n) is 2.56. The summed E-state index contributed by atoms with van der Waals surface area (Å²) in [6.07, 6.45) is 3.54. The molecule has 1 N–H and O–H groups in total. The molecular weight excluding hydrogens is 304 g/mol. The number of rotatable bonds is 6. The van der Waals surface area contributed by atoms with Gasteiger partial charge in [-0.3, -0.25) is 4.79 Å². The van der Waals surface area contributed by atoms with E-state index >= 15 is 0 Å². The number of nitrogens with one attached hydrogen (secondary N) is 1. The van der Waals surface area contributed by atoms with E-state index < -0.39 is 0 Å². The van der Waals surface area contributed by atoms with Crippen LogP contribution in [0.25, 0.3) is 0 Å². The number of hydrogen-bond acceptors (Lipinski definition) is 5. The van der Waals surface area contributed by atoms with Gasteiger partial charge in [-0.15, -0.1) is 11.8 Å². The minimum atomic E-state index is -0.0898. The van der Waals surface area contributed by atoms with Crippen LogP contribution in [0.2, 0.25) is 0 Å². The molecule has 0 radical (unpaired) electrons. The number of carbonyl (C=O) groups is 1. The van der Waals surface area contributed by atoms with E-state index in [4.69, 9.17) is 5.26 Å². The summed E-state index contributed by atoms with van der Waals surface area (Å²) in [5.74, 6) is 0.560. The molecule has 0 atom stereocenters. The van der Waals surface area contributed by atoms with Crippen LogP contribution >= 0.6 is 23.5 Å². The number of anilines is 1. The van der Waals surface area contributed by atoms with Gasteiger partial charge >= 0.3 is 0 Å². The van der Waals surface area contributed by atoms with Crippen molar-refractivity contribution < 1.29 is 4.79 Å².